The number of nitrogens with one attached hydrogen (secondary N) is 1. The van der Waals surface area contributed by atoms with Crippen LogP contribution in [-0.4, -0.2) is 28.6 Å². The topological polar surface area (TPSA) is 59.9 Å². The first kappa shape index (κ1) is 24.9. The lowest BCUT2D eigenvalue weighted by Gasteiger charge is -2.14. The fourth-order valence-electron chi connectivity index (χ4n) is 4.58. The van der Waals surface area contributed by atoms with E-state index in [2.05, 4.69) is 79.6 Å². The van der Waals surface area contributed by atoms with Crippen molar-refractivity contribution in [3.05, 3.63) is 89.1 Å². The standard InChI is InChI=1S/C31H32N4OS/c1-20(2)24-12-13-26(36-4)25(19-24)27-21(3)37-29-28(27)34-30(23-14-17-32-18-15-23)35-31(29)33-16-8-11-22-9-6-5-7-10-22/h5-7,9-10,12-15,17-20H,8,11,16H2,1-4H3,(H,33,34,35). The maximum absolute atomic E-state index is 5.81. The number of benzene rings is 2. The van der Waals surface area contributed by atoms with Gasteiger partial charge in [-0.3, -0.25) is 4.98 Å². The van der Waals surface area contributed by atoms with E-state index in [0.717, 1.165) is 57.9 Å². The number of aryl methyl sites for hydroxylation is 2. The zero-order valence-corrected chi connectivity index (χ0v) is 22.6. The number of fused-ring (bicyclic) bond motifs is 1. The van der Waals surface area contributed by atoms with Crippen LogP contribution in [0.5, 0.6) is 5.75 Å². The first-order chi connectivity index (χ1) is 18.0. The molecule has 0 unspecified atom stereocenters. The number of ether oxygens (including phenoxy) is 1. The average Bonchev–Trinajstić information content (AvgIpc) is 3.27. The third kappa shape index (κ3) is 5.35. The molecule has 0 aliphatic carbocycles. The van der Waals surface area contributed by atoms with E-state index in [0.29, 0.717) is 11.7 Å². The molecule has 3 heterocycles. The van der Waals surface area contributed by atoms with E-state index in [9.17, 15) is 0 Å². The van der Waals surface area contributed by atoms with Gasteiger partial charge in [0, 0.05) is 40.5 Å². The van der Waals surface area contributed by atoms with Crippen molar-refractivity contribution >= 4 is 27.4 Å². The van der Waals surface area contributed by atoms with Crippen LogP contribution in [0.1, 0.15) is 42.2 Å². The van der Waals surface area contributed by atoms with Crippen LogP contribution >= 0.6 is 11.3 Å². The molecule has 3 aromatic heterocycles. The molecule has 0 saturated heterocycles. The number of nitrogens with zero attached hydrogens (tertiary/aromatic N) is 3. The summed E-state index contributed by atoms with van der Waals surface area (Å²) in [5.41, 5.74) is 6.71. The third-order valence-corrected chi connectivity index (χ3v) is 7.69. The van der Waals surface area contributed by atoms with Crippen molar-refractivity contribution in [1.29, 1.82) is 0 Å². The minimum atomic E-state index is 0.415. The molecule has 5 nitrogen and oxygen atoms in total. The van der Waals surface area contributed by atoms with Crippen LogP contribution in [-0.2, 0) is 6.42 Å². The van der Waals surface area contributed by atoms with Crippen molar-refractivity contribution in [2.45, 2.75) is 39.5 Å². The smallest absolute Gasteiger partial charge is 0.162 e. The summed E-state index contributed by atoms with van der Waals surface area (Å²) in [6.07, 6.45) is 5.60. The second-order valence-corrected chi connectivity index (χ2v) is 10.7. The predicted octanol–water partition coefficient (Wildman–Crippen LogP) is 7.91. The van der Waals surface area contributed by atoms with Crippen LogP contribution in [0, 0.1) is 6.92 Å². The Morgan fingerprint density at radius 1 is 0.973 bits per heavy atom. The number of methoxy groups -OCH3 is 1. The van der Waals surface area contributed by atoms with E-state index in [1.54, 1.807) is 30.8 Å². The van der Waals surface area contributed by atoms with E-state index < -0.39 is 0 Å². The molecule has 1 N–H and O–H groups in total. The molecule has 0 fully saturated rings. The fourth-order valence-corrected chi connectivity index (χ4v) is 5.65. The van der Waals surface area contributed by atoms with Crippen LogP contribution in [0.3, 0.4) is 0 Å². The first-order valence-electron chi connectivity index (χ1n) is 12.7. The largest absolute Gasteiger partial charge is 0.496 e. The van der Waals surface area contributed by atoms with Crippen molar-refractivity contribution < 1.29 is 4.74 Å². The van der Waals surface area contributed by atoms with Crippen LogP contribution in [0.2, 0.25) is 0 Å². The van der Waals surface area contributed by atoms with Crippen LogP contribution in [0.15, 0.2) is 73.1 Å². The molecule has 0 atom stereocenters. The van der Waals surface area contributed by atoms with Gasteiger partial charge in [-0.2, -0.15) is 0 Å². The lowest BCUT2D eigenvalue weighted by Crippen LogP contribution is -2.06. The van der Waals surface area contributed by atoms with Crippen LogP contribution in [0.4, 0.5) is 5.82 Å². The highest BCUT2D eigenvalue weighted by atomic mass is 32.1. The number of anilines is 1. The van der Waals surface area contributed by atoms with Gasteiger partial charge in [-0.05, 0) is 61.1 Å². The summed E-state index contributed by atoms with van der Waals surface area (Å²) in [6, 6.07) is 21.0. The van der Waals surface area contributed by atoms with Gasteiger partial charge < -0.3 is 10.1 Å². The van der Waals surface area contributed by atoms with Crippen molar-refractivity contribution in [1.82, 2.24) is 15.0 Å². The van der Waals surface area contributed by atoms with Crippen LogP contribution in [0.25, 0.3) is 32.7 Å². The van der Waals surface area contributed by atoms with Gasteiger partial charge in [-0.1, -0.05) is 50.2 Å². The van der Waals surface area contributed by atoms with E-state index >= 15 is 0 Å². The Bertz CT molecular complexity index is 1500. The van der Waals surface area contributed by atoms with Gasteiger partial charge >= 0.3 is 0 Å². The van der Waals surface area contributed by atoms with Gasteiger partial charge in [0.15, 0.2) is 5.82 Å². The lowest BCUT2D eigenvalue weighted by molar-refractivity contribution is 0.416. The average molecular weight is 509 g/mol. The number of thiophene rings is 1. The van der Waals surface area contributed by atoms with Gasteiger partial charge in [-0.25, -0.2) is 9.97 Å². The zero-order chi connectivity index (χ0) is 25.8. The SMILES string of the molecule is COc1ccc(C(C)C)cc1-c1c(C)sc2c(NCCCc3ccccc3)nc(-c3ccncc3)nc12. The molecule has 5 rings (SSSR count). The molecule has 37 heavy (non-hydrogen) atoms. The summed E-state index contributed by atoms with van der Waals surface area (Å²) < 4.78 is 6.88. The molecule has 0 spiro atoms. The monoisotopic (exact) mass is 508 g/mol. The summed E-state index contributed by atoms with van der Waals surface area (Å²) in [7, 11) is 1.73. The van der Waals surface area contributed by atoms with Crippen molar-refractivity contribution in [2.75, 3.05) is 19.0 Å². The number of rotatable bonds is 9. The summed E-state index contributed by atoms with van der Waals surface area (Å²) in [4.78, 5) is 15.5. The zero-order valence-electron chi connectivity index (χ0n) is 21.8. The number of hydrogen-bond acceptors (Lipinski definition) is 6. The highest BCUT2D eigenvalue weighted by molar-refractivity contribution is 7.20. The summed E-state index contributed by atoms with van der Waals surface area (Å²) in [6.45, 7) is 7.42. The van der Waals surface area contributed by atoms with Crippen molar-refractivity contribution in [3.8, 4) is 28.3 Å². The Morgan fingerprint density at radius 3 is 2.49 bits per heavy atom. The third-order valence-electron chi connectivity index (χ3n) is 6.59. The Kier molecular flexibility index (Phi) is 7.47. The molecule has 6 heteroatoms. The molecular formula is C31H32N4OS. The Labute approximate surface area is 222 Å². The molecule has 188 valence electrons. The van der Waals surface area contributed by atoms with Gasteiger partial charge in [0.2, 0.25) is 0 Å². The highest BCUT2D eigenvalue weighted by Gasteiger charge is 2.21. The first-order valence-corrected chi connectivity index (χ1v) is 13.5. The maximum atomic E-state index is 5.81. The Morgan fingerprint density at radius 2 is 1.76 bits per heavy atom. The van der Waals surface area contributed by atoms with Crippen LogP contribution < -0.4 is 10.1 Å². The number of pyridine rings is 1. The molecule has 0 saturated carbocycles. The van der Waals surface area contributed by atoms with Gasteiger partial charge in [0.1, 0.15) is 11.6 Å². The second-order valence-electron chi connectivity index (χ2n) is 9.47. The lowest BCUT2D eigenvalue weighted by atomic mass is 9.96. The van der Waals surface area contributed by atoms with E-state index in [1.807, 2.05) is 12.1 Å². The molecule has 0 radical (unpaired) electrons. The number of aromatic nitrogens is 3. The normalized spacial score (nSPS) is 11.3. The molecular weight excluding hydrogens is 476 g/mol. The van der Waals surface area contributed by atoms with E-state index in [4.69, 9.17) is 14.7 Å². The Balaban J connectivity index is 1.59. The van der Waals surface area contributed by atoms with E-state index in [-0.39, 0.29) is 0 Å². The predicted molar refractivity (Wildman–Crippen MR) is 155 cm³/mol. The van der Waals surface area contributed by atoms with Crippen molar-refractivity contribution in [3.63, 3.8) is 0 Å². The summed E-state index contributed by atoms with van der Waals surface area (Å²) in [5.74, 6) is 2.84. The molecule has 0 amide bonds. The second kappa shape index (κ2) is 11.1. The molecule has 0 bridgehead atoms. The minimum absolute atomic E-state index is 0.415. The minimum Gasteiger partial charge on any atom is -0.496 e. The molecule has 0 aliphatic rings. The van der Waals surface area contributed by atoms with Gasteiger partial charge in [-0.15, -0.1) is 11.3 Å². The quantitative estimate of drug-likeness (QED) is 0.205. The molecule has 2 aromatic carbocycles. The summed E-state index contributed by atoms with van der Waals surface area (Å²) >= 11 is 1.74. The highest BCUT2D eigenvalue weighted by Crippen LogP contribution is 2.44. The van der Waals surface area contributed by atoms with E-state index in [1.165, 1.54) is 16.0 Å². The Hall–Kier alpha value is -3.77. The fraction of sp³-hybridized carbons (Fsp3) is 0.258. The molecule has 5 aromatic rings. The summed E-state index contributed by atoms with van der Waals surface area (Å²) in [5, 5.41) is 3.63. The maximum Gasteiger partial charge on any atom is 0.162 e. The molecule has 0 aliphatic heterocycles. The van der Waals surface area contributed by atoms with Gasteiger partial charge in [0.25, 0.3) is 0 Å². The number of hydrogen-bond donors (Lipinski definition) is 1. The van der Waals surface area contributed by atoms with Crippen molar-refractivity contribution in [2.24, 2.45) is 0 Å². The van der Waals surface area contributed by atoms with Gasteiger partial charge in [0.05, 0.1) is 17.3 Å².